The molecule has 0 spiro atoms. The van der Waals surface area contributed by atoms with Crippen molar-refractivity contribution in [2.45, 2.75) is 83.5 Å². The minimum absolute atomic E-state index is 0.0116. The molecule has 0 bridgehead atoms. The van der Waals surface area contributed by atoms with Crippen molar-refractivity contribution < 1.29 is 17.4 Å². The van der Waals surface area contributed by atoms with Crippen molar-refractivity contribution >= 4 is 31.7 Å². The molecule has 0 fully saturated rings. The van der Waals surface area contributed by atoms with Crippen molar-refractivity contribution in [3.05, 3.63) is 52.5 Å². The fraction of sp³-hybridized carbons (Fsp3) is 0.519. The second-order valence-electron chi connectivity index (χ2n) is 10.2. The van der Waals surface area contributed by atoms with E-state index in [1.54, 1.807) is 12.1 Å². The molecule has 3 aromatic rings. The van der Waals surface area contributed by atoms with Crippen molar-refractivity contribution in [1.29, 1.82) is 0 Å². The highest BCUT2D eigenvalue weighted by Crippen LogP contribution is 2.38. The van der Waals surface area contributed by atoms with Gasteiger partial charge in [-0.05, 0) is 66.8 Å². The molecule has 0 aliphatic heterocycles. The van der Waals surface area contributed by atoms with Crippen LogP contribution in [0.15, 0.2) is 41.3 Å². The van der Waals surface area contributed by atoms with Crippen molar-refractivity contribution in [2.75, 3.05) is 13.2 Å². The summed E-state index contributed by atoms with van der Waals surface area (Å²) in [5, 5.41) is 0.891. The van der Waals surface area contributed by atoms with Crippen LogP contribution in [0.2, 0.25) is 0 Å². The maximum absolute atomic E-state index is 12.5. The SMILES string of the molecule is CCC(C)(C)c1ccc(OCCCNOS(=O)(=O)c2ccc3nc(C)sc3c2)c(C(C)(C)CC)c1. The molecule has 3 rings (SSSR count). The molecule has 0 aliphatic carbocycles. The van der Waals surface area contributed by atoms with Gasteiger partial charge < -0.3 is 4.74 Å². The monoisotopic (exact) mass is 518 g/mol. The topological polar surface area (TPSA) is 77.5 Å². The first kappa shape index (κ1) is 27.6. The van der Waals surface area contributed by atoms with E-state index in [9.17, 15) is 8.42 Å². The van der Waals surface area contributed by atoms with Crippen molar-refractivity contribution in [2.24, 2.45) is 0 Å². The molecular weight excluding hydrogens is 480 g/mol. The van der Waals surface area contributed by atoms with E-state index in [0.717, 1.165) is 33.8 Å². The summed E-state index contributed by atoms with van der Waals surface area (Å²) in [6.07, 6.45) is 2.65. The standard InChI is InChI=1S/C27H38N2O4S2/c1-8-26(4,5)20-11-14-24(22(17-20)27(6,7)9-2)32-16-10-15-28-33-35(30,31)21-12-13-23-25(18-21)34-19(3)29-23/h11-14,17-18,28H,8-10,15-16H2,1-7H3. The largest absolute Gasteiger partial charge is 0.493 e. The van der Waals surface area contributed by atoms with Crippen molar-refractivity contribution in [3.63, 3.8) is 0 Å². The summed E-state index contributed by atoms with van der Waals surface area (Å²) in [7, 11) is -3.91. The summed E-state index contributed by atoms with van der Waals surface area (Å²) in [5.41, 5.74) is 5.98. The van der Waals surface area contributed by atoms with Crippen LogP contribution in [0.5, 0.6) is 5.75 Å². The number of thiazole rings is 1. The van der Waals surface area contributed by atoms with Crippen LogP contribution in [0.3, 0.4) is 0 Å². The van der Waals surface area contributed by atoms with Gasteiger partial charge in [0.15, 0.2) is 0 Å². The molecule has 0 saturated carbocycles. The summed E-state index contributed by atoms with van der Waals surface area (Å²) in [6.45, 7) is 16.1. The molecular formula is C27H38N2O4S2. The minimum Gasteiger partial charge on any atom is -0.493 e. The van der Waals surface area contributed by atoms with Crippen LogP contribution in [0.25, 0.3) is 10.2 Å². The third-order valence-corrected chi connectivity index (χ3v) is 8.96. The number of hydrogen-bond acceptors (Lipinski definition) is 7. The fourth-order valence-corrected chi connectivity index (χ4v) is 5.44. The molecule has 8 heteroatoms. The normalized spacial score (nSPS) is 12.9. The van der Waals surface area contributed by atoms with Crippen LogP contribution in [0, 0.1) is 6.92 Å². The Morgan fingerprint density at radius 3 is 2.40 bits per heavy atom. The summed E-state index contributed by atoms with van der Waals surface area (Å²) in [4.78, 5) is 4.47. The Kier molecular flexibility index (Phi) is 8.63. The molecule has 192 valence electrons. The average Bonchev–Trinajstić information content (AvgIpc) is 3.20. The van der Waals surface area contributed by atoms with Crippen LogP contribution < -0.4 is 10.2 Å². The van der Waals surface area contributed by atoms with Gasteiger partial charge in [0.1, 0.15) is 5.75 Å². The number of hydrogen-bond donors (Lipinski definition) is 1. The Balaban J connectivity index is 1.57. The Morgan fingerprint density at radius 2 is 1.71 bits per heavy atom. The van der Waals surface area contributed by atoms with Gasteiger partial charge in [0.05, 0.1) is 26.7 Å². The lowest BCUT2D eigenvalue weighted by molar-refractivity contribution is 0.190. The number of nitrogens with one attached hydrogen (secondary N) is 1. The van der Waals surface area contributed by atoms with Gasteiger partial charge >= 0.3 is 10.1 Å². The number of aromatic nitrogens is 1. The lowest BCUT2D eigenvalue weighted by Gasteiger charge is -2.30. The second-order valence-corrected chi connectivity index (χ2v) is 13.0. The lowest BCUT2D eigenvalue weighted by atomic mass is 9.76. The number of rotatable bonds is 12. The van der Waals surface area contributed by atoms with Gasteiger partial charge in [-0.25, -0.2) is 4.98 Å². The quantitative estimate of drug-likeness (QED) is 0.213. The van der Waals surface area contributed by atoms with Gasteiger partial charge in [0, 0.05) is 12.1 Å². The minimum atomic E-state index is -3.91. The van der Waals surface area contributed by atoms with Gasteiger partial charge in [0.2, 0.25) is 0 Å². The zero-order valence-corrected chi connectivity index (χ0v) is 23.5. The number of nitrogens with zero attached hydrogens (tertiary/aromatic N) is 1. The van der Waals surface area contributed by atoms with E-state index in [-0.39, 0.29) is 15.7 Å². The Labute approximate surface area is 214 Å². The summed E-state index contributed by atoms with van der Waals surface area (Å²) < 4.78 is 37.1. The van der Waals surface area contributed by atoms with Crippen LogP contribution in [-0.4, -0.2) is 26.6 Å². The lowest BCUT2D eigenvalue weighted by Crippen LogP contribution is -2.23. The van der Waals surface area contributed by atoms with E-state index in [1.807, 2.05) is 6.92 Å². The van der Waals surface area contributed by atoms with Gasteiger partial charge in [-0.1, -0.05) is 53.7 Å². The zero-order chi connectivity index (χ0) is 25.9. The van der Waals surface area contributed by atoms with Crippen LogP contribution in [0.4, 0.5) is 0 Å². The molecule has 0 unspecified atom stereocenters. The molecule has 0 atom stereocenters. The zero-order valence-electron chi connectivity index (χ0n) is 21.9. The number of ether oxygens (including phenoxy) is 1. The fourth-order valence-electron chi connectivity index (χ4n) is 3.67. The summed E-state index contributed by atoms with van der Waals surface area (Å²) in [6, 6.07) is 11.3. The van der Waals surface area contributed by atoms with Crippen LogP contribution in [0.1, 0.15) is 76.9 Å². The predicted octanol–water partition coefficient (Wildman–Crippen LogP) is 6.66. The molecule has 35 heavy (non-hydrogen) atoms. The van der Waals surface area contributed by atoms with Gasteiger partial charge in [0.25, 0.3) is 0 Å². The summed E-state index contributed by atoms with van der Waals surface area (Å²) in [5.74, 6) is 0.884. The molecule has 2 aromatic carbocycles. The number of benzene rings is 2. The predicted molar refractivity (Wildman–Crippen MR) is 144 cm³/mol. The van der Waals surface area contributed by atoms with E-state index >= 15 is 0 Å². The third kappa shape index (κ3) is 6.61. The number of hydroxylamine groups is 1. The van der Waals surface area contributed by atoms with Gasteiger partial charge in [-0.15, -0.1) is 11.3 Å². The average molecular weight is 519 g/mol. The van der Waals surface area contributed by atoms with Crippen LogP contribution >= 0.6 is 11.3 Å². The first-order valence-electron chi connectivity index (χ1n) is 12.2. The van der Waals surface area contributed by atoms with E-state index in [0.29, 0.717) is 19.6 Å². The first-order chi connectivity index (χ1) is 16.4. The molecule has 6 nitrogen and oxygen atoms in total. The Morgan fingerprint density at radius 1 is 1.00 bits per heavy atom. The van der Waals surface area contributed by atoms with E-state index in [1.165, 1.54) is 28.5 Å². The van der Waals surface area contributed by atoms with E-state index in [4.69, 9.17) is 9.02 Å². The summed E-state index contributed by atoms with van der Waals surface area (Å²) >= 11 is 1.45. The first-order valence-corrected chi connectivity index (χ1v) is 14.4. The number of aryl methyl sites for hydroxylation is 1. The van der Waals surface area contributed by atoms with E-state index < -0.39 is 10.1 Å². The number of fused-ring (bicyclic) bond motifs is 1. The molecule has 0 saturated heterocycles. The highest BCUT2D eigenvalue weighted by Gasteiger charge is 2.26. The maximum Gasteiger partial charge on any atom is 0.312 e. The smallest absolute Gasteiger partial charge is 0.312 e. The van der Waals surface area contributed by atoms with Gasteiger partial charge in [-0.3, -0.25) is 0 Å². The highest BCUT2D eigenvalue weighted by atomic mass is 32.2. The molecule has 0 radical (unpaired) electrons. The highest BCUT2D eigenvalue weighted by molar-refractivity contribution is 7.86. The second kappa shape index (κ2) is 10.9. The molecule has 1 N–H and O–H groups in total. The molecule has 0 aliphatic rings. The Bertz CT molecular complexity index is 1260. The molecule has 0 amide bonds. The maximum atomic E-state index is 12.5. The molecule has 1 heterocycles. The molecule has 1 aromatic heterocycles. The van der Waals surface area contributed by atoms with Crippen molar-refractivity contribution in [1.82, 2.24) is 10.5 Å². The van der Waals surface area contributed by atoms with Crippen LogP contribution in [-0.2, 0) is 25.2 Å². The van der Waals surface area contributed by atoms with Crippen molar-refractivity contribution in [3.8, 4) is 5.75 Å². The van der Waals surface area contributed by atoms with E-state index in [2.05, 4.69) is 70.2 Å². The third-order valence-electron chi connectivity index (χ3n) is 6.86. The Hall–Kier alpha value is -2.00. The van der Waals surface area contributed by atoms with Gasteiger partial charge in [-0.2, -0.15) is 18.2 Å².